The summed E-state index contributed by atoms with van der Waals surface area (Å²) in [6.45, 7) is 5.47. The summed E-state index contributed by atoms with van der Waals surface area (Å²) in [6.07, 6.45) is 0. The largest absolute Gasteiger partial charge is 0.464 e. The SMILES string of the molecule is CCOC(=O)C(NC(=O)c1cc(F)cc2[nH]c(=S)[nH]c12)C(C)C. The van der Waals surface area contributed by atoms with E-state index in [0.29, 0.717) is 11.0 Å². The Kier molecular flexibility index (Phi) is 5.15. The number of halogens is 1. The van der Waals surface area contributed by atoms with Gasteiger partial charge in [0.1, 0.15) is 11.9 Å². The van der Waals surface area contributed by atoms with Crippen LogP contribution in [0.25, 0.3) is 11.0 Å². The highest BCUT2D eigenvalue weighted by Crippen LogP contribution is 2.18. The molecule has 2 rings (SSSR count). The highest BCUT2D eigenvalue weighted by atomic mass is 32.1. The van der Waals surface area contributed by atoms with Crippen LogP contribution in [0.4, 0.5) is 4.39 Å². The zero-order valence-electron chi connectivity index (χ0n) is 13.0. The van der Waals surface area contributed by atoms with Crippen LogP contribution in [0.5, 0.6) is 0 Å². The highest BCUT2D eigenvalue weighted by molar-refractivity contribution is 7.71. The van der Waals surface area contributed by atoms with Gasteiger partial charge in [-0.25, -0.2) is 9.18 Å². The van der Waals surface area contributed by atoms with Crippen molar-refractivity contribution in [2.75, 3.05) is 6.61 Å². The molecule has 3 N–H and O–H groups in total. The van der Waals surface area contributed by atoms with Gasteiger partial charge in [-0.05, 0) is 37.2 Å². The van der Waals surface area contributed by atoms with Crippen molar-refractivity contribution in [1.82, 2.24) is 15.3 Å². The molecule has 1 atom stereocenters. The van der Waals surface area contributed by atoms with Crippen molar-refractivity contribution < 1.29 is 18.7 Å². The topological polar surface area (TPSA) is 87.0 Å². The summed E-state index contributed by atoms with van der Waals surface area (Å²) in [5.41, 5.74) is 0.847. The fourth-order valence-corrected chi connectivity index (χ4v) is 2.45. The van der Waals surface area contributed by atoms with Gasteiger partial charge >= 0.3 is 5.97 Å². The van der Waals surface area contributed by atoms with Gasteiger partial charge in [0.05, 0.1) is 23.2 Å². The molecule has 124 valence electrons. The lowest BCUT2D eigenvalue weighted by molar-refractivity contribution is -0.146. The third-order valence-corrected chi connectivity index (χ3v) is 3.53. The van der Waals surface area contributed by atoms with Crippen LogP contribution in [-0.4, -0.2) is 34.5 Å². The van der Waals surface area contributed by atoms with E-state index in [2.05, 4.69) is 15.3 Å². The van der Waals surface area contributed by atoms with Gasteiger partial charge in [-0.15, -0.1) is 0 Å². The van der Waals surface area contributed by atoms with Crippen molar-refractivity contribution in [3.63, 3.8) is 0 Å². The molecule has 0 aliphatic rings. The number of carbonyl (C=O) groups excluding carboxylic acids is 2. The summed E-state index contributed by atoms with van der Waals surface area (Å²) in [7, 11) is 0. The Bertz CT molecular complexity index is 797. The Labute approximate surface area is 137 Å². The van der Waals surface area contributed by atoms with Gasteiger partial charge < -0.3 is 20.0 Å². The monoisotopic (exact) mass is 339 g/mol. The summed E-state index contributed by atoms with van der Waals surface area (Å²) in [4.78, 5) is 30.0. The fourth-order valence-electron chi connectivity index (χ4n) is 2.24. The second-order valence-electron chi connectivity index (χ2n) is 5.40. The van der Waals surface area contributed by atoms with Gasteiger partial charge in [-0.1, -0.05) is 13.8 Å². The number of fused-ring (bicyclic) bond motifs is 1. The summed E-state index contributed by atoms with van der Waals surface area (Å²) in [5.74, 6) is -1.85. The van der Waals surface area contributed by atoms with E-state index in [9.17, 15) is 14.0 Å². The third-order valence-electron chi connectivity index (χ3n) is 3.33. The molecule has 1 aromatic carbocycles. The number of nitrogens with one attached hydrogen (secondary N) is 3. The Hall–Kier alpha value is -2.22. The van der Waals surface area contributed by atoms with Crippen LogP contribution >= 0.6 is 12.2 Å². The van der Waals surface area contributed by atoms with E-state index in [4.69, 9.17) is 17.0 Å². The van der Waals surface area contributed by atoms with E-state index in [1.54, 1.807) is 20.8 Å². The number of ether oxygens (including phenoxy) is 1. The molecular formula is C15H18FN3O3S. The van der Waals surface area contributed by atoms with Crippen LogP contribution in [0.1, 0.15) is 31.1 Å². The first-order chi connectivity index (χ1) is 10.8. The number of amides is 1. The smallest absolute Gasteiger partial charge is 0.328 e. The molecule has 1 amide bonds. The lowest BCUT2D eigenvalue weighted by Crippen LogP contribution is -2.45. The average molecular weight is 339 g/mol. The molecule has 8 heteroatoms. The summed E-state index contributed by atoms with van der Waals surface area (Å²) in [6, 6.07) is 1.52. The first-order valence-corrected chi connectivity index (χ1v) is 7.63. The summed E-state index contributed by atoms with van der Waals surface area (Å²) in [5, 5.41) is 2.60. The van der Waals surface area contributed by atoms with Crippen molar-refractivity contribution in [2.24, 2.45) is 5.92 Å². The van der Waals surface area contributed by atoms with Gasteiger partial charge in [-0.3, -0.25) is 4.79 Å². The summed E-state index contributed by atoms with van der Waals surface area (Å²) >= 11 is 4.97. The molecule has 1 unspecified atom stereocenters. The van der Waals surface area contributed by atoms with Crippen molar-refractivity contribution in [1.29, 1.82) is 0 Å². The number of hydrogen-bond acceptors (Lipinski definition) is 4. The Morgan fingerprint density at radius 2 is 2.04 bits per heavy atom. The number of hydrogen-bond donors (Lipinski definition) is 3. The molecule has 0 radical (unpaired) electrons. The molecule has 0 saturated heterocycles. The van der Waals surface area contributed by atoms with Crippen molar-refractivity contribution in [3.8, 4) is 0 Å². The molecule has 1 heterocycles. The Morgan fingerprint density at radius 3 is 2.65 bits per heavy atom. The van der Waals surface area contributed by atoms with E-state index >= 15 is 0 Å². The number of H-pyrrole nitrogens is 2. The summed E-state index contributed by atoms with van der Waals surface area (Å²) < 4.78 is 18.9. The van der Waals surface area contributed by atoms with E-state index in [-0.39, 0.29) is 22.9 Å². The Balaban J connectivity index is 2.36. The fraction of sp³-hybridized carbons (Fsp3) is 0.400. The number of rotatable bonds is 5. The normalized spacial score (nSPS) is 12.4. The maximum atomic E-state index is 13.7. The molecule has 1 aromatic heterocycles. The van der Waals surface area contributed by atoms with Gasteiger partial charge in [0.15, 0.2) is 4.77 Å². The second-order valence-corrected chi connectivity index (χ2v) is 5.81. The first-order valence-electron chi connectivity index (χ1n) is 7.22. The minimum Gasteiger partial charge on any atom is -0.464 e. The minimum atomic E-state index is -0.817. The minimum absolute atomic E-state index is 0.0716. The number of esters is 1. The molecule has 0 fully saturated rings. The maximum Gasteiger partial charge on any atom is 0.328 e. The number of aromatic nitrogens is 2. The van der Waals surface area contributed by atoms with E-state index < -0.39 is 23.7 Å². The molecule has 0 aliphatic heterocycles. The van der Waals surface area contributed by atoms with Crippen LogP contribution in [0, 0.1) is 16.5 Å². The molecule has 0 bridgehead atoms. The quantitative estimate of drug-likeness (QED) is 0.577. The molecule has 6 nitrogen and oxygen atoms in total. The highest BCUT2D eigenvalue weighted by Gasteiger charge is 2.27. The number of imidazole rings is 1. The van der Waals surface area contributed by atoms with Crippen molar-refractivity contribution in [2.45, 2.75) is 26.8 Å². The third kappa shape index (κ3) is 3.76. The van der Waals surface area contributed by atoms with Crippen LogP contribution in [0.15, 0.2) is 12.1 Å². The van der Waals surface area contributed by atoms with Gasteiger partial charge in [0, 0.05) is 0 Å². The standard InChI is InChI=1S/C15H18FN3O3S/c1-4-22-14(21)11(7(2)3)18-13(20)9-5-8(16)6-10-12(9)19-15(23)17-10/h5-7,11H,4H2,1-3H3,(H,18,20)(H2,17,19,23). The average Bonchev–Trinajstić information content (AvgIpc) is 2.83. The molecule has 2 aromatic rings. The van der Waals surface area contributed by atoms with Crippen LogP contribution in [-0.2, 0) is 9.53 Å². The second kappa shape index (κ2) is 6.91. The van der Waals surface area contributed by atoms with Crippen LogP contribution < -0.4 is 5.32 Å². The zero-order chi connectivity index (χ0) is 17.1. The van der Waals surface area contributed by atoms with E-state index in [0.717, 1.165) is 6.07 Å². The van der Waals surface area contributed by atoms with E-state index in [1.165, 1.54) is 6.07 Å². The van der Waals surface area contributed by atoms with Gasteiger partial charge in [-0.2, -0.15) is 0 Å². The van der Waals surface area contributed by atoms with Crippen LogP contribution in [0.2, 0.25) is 0 Å². The molecule has 0 aliphatic carbocycles. The number of benzene rings is 1. The van der Waals surface area contributed by atoms with Gasteiger partial charge in [0.25, 0.3) is 5.91 Å². The van der Waals surface area contributed by atoms with Crippen molar-refractivity contribution in [3.05, 3.63) is 28.3 Å². The molecule has 0 saturated carbocycles. The lowest BCUT2D eigenvalue weighted by atomic mass is 10.0. The molecule has 23 heavy (non-hydrogen) atoms. The van der Waals surface area contributed by atoms with Crippen molar-refractivity contribution >= 4 is 35.1 Å². The zero-order valence-corrected chi connectivity index (χ0v) is 13.8. The first kappa shape index (κ1) is 17.1. The Morgan fingerprint density at radius 1 is 1.35 bits per heavy atom. The van der Waals surface area contributed by atoms with Crippen LogP contribution in [0.3, 0.4) is 0 Å². The molecular weight excluding hydrogens is 321 g/mol. The predicted octanol–water partition coefficient (Wildman–Crippen LogP) is 2.68. The predicted molar refractivity (Wildman–Crippen MR) is 86.2 cm³/mol. The van der Waals surface area contributed by atoms with Gasteiger partial charge in [0.2, 0.25) is 0 Å². The number of carbonyl (C=O) groups is 2. The van der Waals surface area contributed by atoms with E-state index in [1.807, 2.05) is 0 Å². The number of aromatic amines is 2. The molecule has 0 spiro atoms. The lowest BCUT2D eigenvalue weighted by Gasteiger charge is -2.20. The maximum absolute atomic E-state index is 13.7.